The Morgan fingerprint density at radius 3 is 2.52 bits per heavy atom. The Bertz CT molecular complexity index is 844. The zero-order valence-corrected chi connectivity index (χ0v) is 14.8. The van der Waals surface area contributed by atoms with E-state index in [0.717, 1.165) is 28.6 Å². The topological polar surface area (TPSA) is 77.3 Å². The third kappa shape index (κ3) is 4.32. The first-order valence-corrected chi connectivity index (χ1v) is 7.81. The number of aromatic amines is 1. The summed E-state index contributed by atoms with van der Waals surface area (Å²) in [4.78, 5) is 15.4. The van der Waals surface area contributed by atoms with Crippen molar-refractivity contribution in [1.82, 2.24) is 4.98 Å². The van der Waals surface area contributed by atoms with Crippen molar-refractivity contribution in [3.05, 3.63) is 59.8 Å². The Kier molecular flexibility index (Phi) is 6.44. The highest BCUT2D eigenvalue weighted by Gasteiger charge is 2.09. The van der Waals surface area contributed by atoms with Gasteiger partial charge in [0.05, 0.1) is 7.11 Å². The lowest BCUT2D eigenvalue weighted by atomic mass is 10.1. The van der Waals surface area contributed by atoms with Gasteiger partial charge in [0.2, 0.25) is 0 Å². The number of aromatic nitrogens is 1. The summed E-state index contributed by atoms with van der Waals surface area (Å²) in [5.74, 6) is 1.31. The van der Waals surface area contributed by atoms with Crippen molar-refractivity contribution in [2.45, 2.75) is 6.42 Å². The van der Waals surface area contributed by atoms with Crippen molar-refractivity contribution in [2.24, 2.45) is 5.73 Å². The van der Waals surface area contributed by atoms with E-state index in [1.165, 1.54) is 0 Å². The fourth-order valence-corrected chi connectivity index (χ4v) is 2.62. The van der Waals surface area contributed by atoms with Gasteiger partial charge in [-0.1, -0.05) is 0 Å². The number of hydrogen-bond acceptors (Lipinski definition) is 4. The van der Waals surface area contributed by atoms with Crippen LogP contribution in [0.15, 0.2) is 48.7 Å². The van der Waals surface area contributed by atoms with Crippen molar-refractivity contribution >= 4 is 29.1 Å². The molecule has 0 fully saturated rings. The van der Waals surface area contributed by atoms with Crippen LogP contribution in [0.5, 0.6) is 11.5 Å². The summed E-state index contributed by atoms with van der Waals surface area (Å²) in [5.41, 5.74) is 8.42. The van der Waals surface area contributed by atoms with E-state index in [1.54, 1.807) is 31.4 Å². The average molecular weight is 361 g/mol. The molecular weight excluding hydrogens is 340 g/mol. The molecule has 6 heteroatoms. The number of ketones is 1. The first kappa shape index (κ1) is 18.8. The van der Waals surface area contributed by atoms with Crippen LogP contribution in [0, 0.1) is 0 Å². The number of hydrogen-bond donors (Lipinski definition) is 2. The molecule has 25 heavy (non-hydrogen) atoms. The Morgan fingerprint density at radius 2 is 1.84 bits per heavy atom. The van der Waals surface area contributed by atoms with Crippen molar-refractivity contribution < 1.29 is 14.3 Å². The summed E-state index contributed by atoms with van der Waals surface area (Å²) >= 11 is 0. The van der Waals surface area contributed by atoms with Gasteiger partial charge in [0, 0.05) is 22.7 Å². The largest absolute Gasteiger partial charge is 0.497 e. The number of fused-ring (bicyclic) bond motifs is 1. The summed E-state index contributed by atoms with van der Waals surface area (Å²) in [6.45, 7) is 0.586. The number of nitrogens with one attached hydrogen (secondary N) is 1. The fraction of sp³-hybridized carbons (Fsp3) is 0.211. The van der Waals surface area contributed by atoms with Crippen LogP contribution in [0.2, 0.25) is 0 Å². The molecule has 1 heterocycles. The molecule has 0 atom stereocenters. The normalized spacial score (nSPS) is 10.3. The summed E-state index contributed by atoms with van der Waals surface area (Å²) < 4.78 is 10.8. The fourth-order valence-electron chi connectivity index (χ4n) is 2.62. The van der Waals surface area contributed by atoms with Gasteiger partial charge in [-0.05, 0) is 61.0 Å². The van der Waals surface area contributed by atoms with Crippen LogP contribution in [0.4, 0.5) is 0 Å². The molecule has 1 aromatic heterocycles. The van der Waals surface area contributed by atoms with Crippen LogP contribution in [-0.4, -0.2) is 31.0 Å². The summed E-state index contributed by atoms with van der Waals surface area (Å²) in [5, 5.41) is 1.08. The maximum atomic E-state index is 12.2. The first-order valence-electron chi connectivity index (χ1n) is 7.81. The number of rotatable bonds is 7. The third-order valence-electron chi connectivity index (χ3n) is 3.93. The first-order chi connectivity index (χ1) is 11.7. The van der Waals surface area contributed by atoms with Crippen LogP contribution >= 0.6 is 12.4 Å². The molecule has 5 nitrogen and oxygen atoms in total. The molecule has 0 saturated heterocycles. The van der Waals surface area contributed by atoms with Crippen LogP contribution in [0.1, 0.15) is 15.9 Å². The molecule has 0 aliphatic rings. The maximum absolute atomic E-state index is 12.2. The monoisotopic (exact) mass is 360 g/mol. The van der Waals surface area contributed by atoms with Crippen molar-refractivity contribution in [3.63, 3.8) is 0 Å². The number of halogens is 1. The number of carbonyl (C=O) groups excluding carboxylic acids is 1. The number of H-pyrrole nitrogens is 1. The quantitative estimate of drug-likeness (QED) is 0.633. The van der Waals surface area contributed by atoms with E-state index < -0.39 is 0 Å². The predicted octanol–water partition coefficient (Wildman–Crippen LogP) is 3.36. The maximum Gasteiger partial charge on any atom is 0.200 e. The minimum atomic E-state index is -0.0750. The zero-order valence-electron chi connectivity index (χ0n) is 14.0. The van der Waals surface area contributed by atoms with Crippen LogP contribution in [0.3, 0.4) is 0 Å². The van der Waals surface area contributed by atoms with Gasteiger partial charge in [-0.2, -0.15) is 0 Å². The van der Waals surface area contributed by atoms with E-state index >= 15 is 0 Å². The molecule has 0 radical (unpaired) electrons. The van der Waals surface area contributed by atoms with Crippen LogP contribution in [0.25, 0.3) is 10.9 Å². The minimum absolute atomic E-state index is 0. The Labute approximate surface area is 152 Å². The molecule has 2 aromatic carbocycles. The highest BCUT2D eigenvalue weighted by molar-refractivity contribution is 5.97. The van der Waals surface area contributed by atoms with Gasteiger partial charge in [-0.15, -0.1) is 12.4 Å². The smallest absolute Gasteiger partial charge is 0.200 e. The molecule has 3 aromatic rings. The van der Waals surface area contributed by atoms with E-state index in [0.29, 0.717) is 17.9 Å². The molecule has 132 valence electrons. The van der Waals surface area contributed by atoms with Gasteiger partial charge >= 0.3 is 0 Å². The predicted molar refractivity (Wildman–Crippen MR) is 101 cm³/mol. The number of Topliss-reactive ketones (excluding diaryl/α,β-unsaturated/α-hetero) is 1. The SMILES string of the molecule is COc1ccc(C(=O)COc2ccc3[nH]cc(CCN)c3c2)cc1.Cl. The van der Waals surface area contributed by atoms with Gasteiger partial charge in [0.15, 0.2) is 12.4 Å². The Morgan fingerprint density at radius 1 is 1.12 bits per heavy atom. The summed E-state index contributed by atoms with van der Waals surface area (Å²) in [7, 11) is 1.59. The molecule has 3 N–H and O–H groups in total. The van der Waals surface area contributed by atoms with E-state index in [1.807, 2.05) is 24.4 Å². The number of carbonyl (C=O) groups is 1. The molecule has 0 bridgehead atoms. The molecule has 0 spiro atoms. The number of benzene rings is 2. The standard InChI is InChI=1S/C19H20N2O3.ClH/c1-23-15-4-2-13(3-5-15)19(22)12-24-16-6-7-18-17(10-16)14(8-9-20)11-21-18;/h2-7,10-11,21H,8-9,12,20H2,1H3;1H. The van der Waals surface area contributed by atoms with E-state index in [9.17, 15) is 4.79 Å². The molecule has 0 saturated carbocycles. The molecular formula is C19H21ClN2O3. The van der Waals surface area contributed by atoms with Gasteiger partial charge in [-0.3, -0.25) is 4.79 Å². The van der Waals surface area contributed by atoms with Crippen LogP contribution in [-0.2, 0) is 6.42 Å². The molecule has 0 aliphatic carbocycles. The average Bonchev–Trinajstić information content (AvgIpc) is 3.02. The van der Waals surface area contributed by atoms with Crippen molar-refractivity contribution in [2.75, 3.05) is 20.3 Å². The highest BCUT2D eigenvalue weighted by atomic mass is 35.5. The number of methoxy groups -OCH3 is 1. The van der Waals surface area contributed by atoms with Gasteiger partial charge in [0.25, 0.3) is 0 Å². The van der Waals surface area contributed by atoms with E-state index in [4.69, 9.17) is 15.2 Å². The molecule has 0 unspecified atom stereocenters. The Balaban J connectivity index is 0.00000225. The van der Waals surface area contributed by atoms with Gasteiger partial charge < -0.3 is 20.2 Å². The molecule has 0 amide bonds. The second-order valence-corrected chi connectivity index (χ2v) is 5.50. The van der Waals surface area contributed by atoms with Crippen LogP contribution < -0.4 is 15.2 Å². The van der Waals surface area contributed by atoms with Crippen molar-refractivity contribution in [3.8, 4) is 11.5 Å². The third-order valence-corrected chi connectivity index (χ3v) is 3.93. The lowest BCUT2D eigenvalue weighted by molar-refractivity contribution is 0.0921. The van der Waals surface area contributed by atoms with Crippen molar-refractivity contribution in [1.29, 1.82) is 0 Å². The van der Waals surface area contributed by atoms with E-state index in [2.05, 4.69) is 4.98 Å². The second-order valence-electron chi connectivity index (χ2n) is 5.50. The summed E-state index contributed by atoms with van der Waals surface area (Å²) in [6, 6.07) is 12.7. The number of ether oxygens (including phenoxy) is 2. The van der Waals surface area contributed by atoms with Gasteiger partial charge in [-0.25, -0.2) is 0 Å². The molecule has 0 aliphatic heterocycles. The van der Waals surface area contributed by atoms with E-state index in [-0.39, 0.29) is 24.8 Å². The lowest BCUT2D eigenvalue weighted by Crippen LogP contribution is -2.11. The minimum Gasteiger partial charge on any atom is -0.497 e. The molecule has 3 rings (SSSR count). The Hall–Kier alpha value is -2.50. The zero-order chi connectivity index (χ0) is 16.9. The second kappa shape index (κ2) is 8.55. The number of nitrogens with two attached hydrogens (primary N) is 1. The summed E-state index contributed by atoms with van der Waals surface area (Å²) in [6.07, 6.45) is 2.76. The lowest BCUT2D eigenvalue weighted by Gasteiger charge is -2.07. The van der Waals surface area contributed by atoms with Gasteiger partial charge in [0.1, 0.15) is 11.5 Å². The highest BCUT2D eigenvalue weighted by Crippen LogP contribution is 2.24.